The van der Waals surface area contributed by atoms with E-state index in [2.05, 4.69) is 0 Å². The molecule has 0 bridgehead atoms. The fraction of sp³-hybridized carbons (Fsp3) is 0.900. The average Bonchev–Trinajstić information content (AvgIpc) is 2.16. The van der Waals surface area contributed by atoms with Crippen molar-refractivity contribution in [3.63, 3.8) is 0 Å². The van der Waals surface area contributed by atoms with E-state index in [1.165, 1.54) is 0 Å². The van der Waals surface area contributed by atoms with Crippen LogP contribution in [0.2, 0.25) is 0 Å². The number of hydrogen-bond donors (Lipinski definition) is 2. The molecule has 0 radical (unpaired) electrons. The standard InChI is InChI=1S/C10H18O5S/c1-2-5-10(13,9(11)12)8-4-3-6-16(14,15)7-8/h8,13H,2-7H2,1H3,(H,11,12). The number of hydrogen-bond acceptors (Lipinski definition) is 4. The summed E-state index contributed by atoms with van der Waals surface area (Å²) in [5, 5.41) is 19.1. The highest BCUT2D eigenvalue weighted by atomic mass is 32.2. The fourth-order valence-electron chi connectivity index (χ4n) is 2.27. The Labute approximate surface area is 95.4 Å². The SMILES string of the molecule is CCCC(O)(C(=O)O)C1CCCS(=O)(=O)C1. The summed E-state index contributed by atoms with van der Waals surface area (Å²) in [6.45, 7) is 1.77. The topological polar surface area (TPSA) is 91.7 Å². The number of carbonyl (C=O) groups is 1. The molecule has 1 aliphatic rings. The molecule has 0 spiro atoms. The van der Waals surface area contributed by atoms with Crippen molar-refractivity contribution in [2.45, 2.75) is 38.2 Å². The second kappa shape index (κ2) is 4.71. The summed E-state index contributed by atoms with van der Waals surface area (Å²) < 4.78 is 22.9. The molecule has 16 heavy (non-hydrogen) atoms. The lowest BCUT2D eigenvalue weighted by molar-refractivity contribution is -0.165. The highest BCUT2D eigenvalue weighted by Gasteiger charge is 2.46. The molecule has 6 heteroatoms. The Morgan fingerprint density at radius 2 is 2.12 bits per heavy atom. The quantitative estimate of drug-likeness (QED) is 0.754. The maximum Gasteiger partial charge on any atom is 0.336 e. The van der Waals surface area contributed by atoms with E-state index >= 15 is 0 Å². The van der Waals surface area contributed by atoms with Gasteiger partial charge in [0.05, 0.1) is 11.5 Å². The Balaban J connectivity index is 2.91. The van der Waals surface area contributed by atoms with E-state index < -0.39 is 27.3 Å². The largest absolute Gasteiger partial charge is 0.479 e. The van der Waals surface area contributed by atoms with Gasteiger partial charge in [-0.2, -0.15) is 0 Å². The molecule has 0 aliphatic carbocycles. The molecule has 1 rings (SSSR count). The molecule has 0 aromatic rings. The van der Waals surface area contributed by atoms with Gasteiger partial charge in [0.1, 0.15) is 0 Å². The molecule has 1 aliphatic heterocycles. The van der Waals surface area contributed by atoms with E-state index in [0.29, 0.717) is 19.3 Å². The predicted molar refractivity (Wildman–Crippen MR) is 58.9 cm³/mol. The van der Waals surface area contributed by atoms with Gasteiger partial charge >= 0.3 is 5.97 Å². The minimum absolute atomic E-state index is 0.0997. The summed E-state index contributed by atoms with van der Waals surface area (Å²) in [5.74, 6) is -2.10. The highest BCUT2D eigenvalue weighted by Crippen LogP contribution is 2.32. The van der Waals surface area contributed by atoms with E-state index in [1.54, 1.807) is 6.92 Å². The van der Waals surface area contributed by atoms with Crippen molar-refractivity contribution in [1.82, 2.24) is 0 Å². The molecule has 0 saturated carbocycles. The van der Waals surface area contributed by atoms with Crippen molar-refractivity contribution in [2.24, 2.45) is 5.92 Å². The summed E-state index contributed by atoms with van der Waals surface area (Å²) >= 11 is 0. The first kappa shape index (κ1) is 13.4. The van der Waals surface area contributed by atoms with Crippen LogP contribution in [0.5, 0.6) is 0 Å². The van der Waals surface area contributed by atoms with Crippen LogP contribution in [0.3, 0.4) is 0 Å². The van der Waals surface area contributed by atoms with Crippen molar-refractivity contribution in [3.05, 3.63) is 0 Å². The highest BCUT2D eigenvalue weighted by molar-refractivity contribution is 7.91. The lowest BCUT2D eigenvalue weighted by Gasteiger charge is -2.34. The third-order valence-corrected chi connectivity index (χ3v) is 4.96. The van der Waals surface area contributed by atoms with Crippen LogP contribution in [0.1, 0.15) is 32.6 Å². The number of sulfone groups is 1. The van der Waals surface area contributed by atoms with E-state index in [4.69, 9.17) is 5.11 Å². The van der Waals surface area contributed by atoms with Crippen LogP contribution in [-0.2, 0) is 14.6 Å². The molecular formula is C10H18O5S. The Hall–Kier alpha value is -0.620. The van der Waals surface area contributed by atoms with Crippen LogP contribution < -0.4 is 0 Å². The zero-order chi connectivity index (χ0) is 12.4. The zero-order valence-electron chi connectivity index (χ0n) is 9.35. The summed E-state index contributed by atoms with van der Waals surface area (Å²) in [7, 11) is -3.19. The minimum atomic E-state index is -3.19. The average molecular weight is 250 g/mol. The second-order valence-corrected chi connectivity index (χ2v) is 6.66. The van der Waals surface area contributed by atoms with E-state index in [1.807, 2.05) is 0 Å². The number of aliphatic carboxylic acids is 1. The van der Waals surface area contributed by atoms with Crippen LogP contribution in [0.25, 0.3) is 0 Å². The summed E-state index contributed by atoms with van der Waals surface area (Å²) in [5.41, 5.74) is -1.89. The normalized spacial score (nSPS) is 28.2. The smallest absolute Gasteiger partial charge is 0.336 e. The Kier molecular flexibility index (Phi) is 3.96. The van der Waals surface area contributed by atoms with Crippen molar-refractivity contribution in [2.75, 3.05) is 11.5 Å². The summed E-state index contributed by atoms with van der Waals surface area (Å²) in [4.78, 5) is 11.1. The van der Waals surface area contributed by atoms with Crippen LogP contribution in [0.15, 0.2) is 0 Å². The van der Waals surface area contributed by atoms with Crippen molar-refractivity contribution in [3.8, 4) is 0 Å². The molecule has 5 nitrogen and oxygen atoms in total. The van der Waals surface area contributed by atoms with Gasteiger partial charge in [-0.25, -0.2) is 13.2 Å². The lowest BCUT2D eigenvalue weighted by Crippen LogP contribution is -2.50. The fourth-order valence-corrected chi connectivity index (χ4v) is 4.09. The molecule has 2 unspecified atom stereocenters. The van der Waals surface area contributed by atoms with Crippen LogP contribution in [0, 0.1) is 5.92 Å². The number of rotatable bonds is 4. The Morgan fingerprint density at radius 3 is 2.56 bits per heavy atom. The van der Waals surface area contributed by atoms with Gasteiger partial charge in [0.2, 0.25) is 0 Å². The van der Waals surface area contributed by atoms with Gasteiger partial charge in [0.25, 0.3) is 0 Å². The minimum Gasteiger partial charge on any atom is -0.479 e. The summed E-state index contributed by atoms with van der Waals surface area (Å²) in [6, 6.07) is 0. The van der Waals surface area contributed by atoms with Gasteiger partial charge in [0.15, 0.2) is 15.4 Å². The van der Waals surface area contributed by atoms with E-state index in [-0.39, 0.29) is 17.9 Å². The van der Waals surface area contributed by atoms with Crippen molar-refractivity contribution in [1.29, 1.82) is 0 Å². The van der Waals surface area contributed by atoms with Gasteiger partial charge in [-0.15, -0.1) is 0 Å². The van der Waals surface area contributed by atoms with Crippen LogP contribution >= 0.6 is 0 Å². The van der Waals surface area contributed by atoms with Crippen molar-refractivity contribution >= 4 is 15.8 Å². The van der Waals surface area contributed by atoms with Crippen LogP contribution in [-0.4, -0.2) is 41.7 Å². The third kappa shape index (κ3) is 2.74. The monoisotopic (exact) mass is 250 g/mol. The molecular weight excluding hydrogens is 232 g/mol. The molecule has 0 aromatic carbocycles. The maximum absolute atomic E-state index is 11.4. The molecule has 2 atom stereocenters. The van der Waals surface area contributed by atoms with E-state index in [9.17, 15) is 18.3 Å². The molecule has 1 saturated heterocycles. The van der Waals surface area contributed by atoms with E-state index in [0.717, 1.165) is 0 Å². The first-order chi connectivity index (χ1) is 7.32. The van der Waals surface area contributed by atoms with Crippen molar-refractivity contribution < 1.29 is 23.4 Å². The number of aliphatic hydroxyl groups is 1. The maximum atomic E-state index is 11.4. The van der Waals surface area contributed by atoms with Gasteiger partial charge in [-0.1, -0.05) is 13.3 Å². The Morgan fingerprint density at radius 1 is 1.50 bits per heavy atom. The second-order valence-electron chi connectivity index (χ2n) is 4.43. The number of carboxylic acid groups (broad SMARTS) is 1. The van der Waals surface area contributed by atoms with Gasteiger partial charge in [-0.3, -0.25) is 0 Å². The first-order valence-electron chi connectivity index (χ1n) is 5.48. The van der Waals surface area contributed by atoms with Gasteiger partial charge < -0.3 is 10.2 Å². The summed E-state index contributed by atoms with van der Waals surface area (Å²) in [6.07, 6.45) is 1.51. The molecule has 2 N–H and O–H groups in total. The third-order valence-electron chi connectivity index (χ3n) is 3.14. The Bertz CT molecular complexity index is 361. The van der Waals surface area contributed by atoms with Crippen LogP contribution in [0.4, 0.5) is 0 Å². The number of carboxylic acids is 1. The van der Waals surface area contributed by atoms with Gasteiger partial charge in [0, 0.05) is 5.92 Å². The predicted octanol–water partition coefficient (Wildman–Crippen LogP) is 0.427. The zero-order valence-corrected chi connectivity index (χ0v) is 10.2. The lowest BCUT2D eigenvalue weighted by atomic mass is 9.82. The van der Waals surface area contributed by atoms with Gasteiger partial charge in [-0.05, 0) is 19.3 Å². The molecule has 1 fully saturated rings. The first-order valence-corrected chi connectivity index (χ1v) is 7.30. The molecule has 0 aromatic heterocycles. The molecule has 1 heterocycles. The molecule has 94 valence electrons. The molecule has 0 amide bonds.